The van der Waals surface area contributed by atoms with Gasteiger partial charge in [0.1, 0.15) is 6.33 Å². The Hall–Kier alpha value is -2.48. The minimum absolute atomic E-state index is 0.231. The molecule has 0 aliphatic heterocycles. The molecule has 4 rings (SSSR count). The van der Waals surface area contributed by atoms with Crippen LogP contribution < -0.4 is 4.72 Å². The molecular formula is C14H13N5O2S. The molecule has 1 aliphatic carbocycles. The molecule has 0 atom stereocenters. The van der Waals surface area contributed by atoms with Gasteiger partial charge < -0.3 is 0 Å². The van der Waals surface area contributed by atoms with Gasteiger partial charge in [-0.05, 0) is 37.1 Å². The molecule has 0 amide bonds. The van der Waals surface area contributed by atoms with E-state index in [-0.39, 0.29) is 5.25 Å². The van der Waals surface area contributed by atoms with Crippen LogP contribution in [0.25, 0.3) is 16.9 Å². The van der Waals surface area contributed by atoms with Crippen LogP contribution in [0, 0.1) is 0 Å². The fourth-order valence-electron chi connectivity index (χ4n) is 2.22. The maximum Gasteiger partial charge on any atom is 0.235 e. The van der Waals surface area contributed by atoms with Crippen molar-refractivity contribution in [1.29, 1.82) is 0 Å². The number of benzene rings is 1. The van der Waals surface area contributed by atoms with Gasteiger partial charge in [0.05, 0.1) is 10.9 Å². The summed E-state index contributed by atoms with van der Waals surface area (Å²) in [6, 6.07) is 10.8. The third kappa shape index (κ3) is 2.41. The minimum Gasteiger partial charge on any atom is -0.283 e. The molecule has 1 saturated carbocycles. The second-order valence-corrected chi connectivity index (χ2v) is 7.24. The molecule has 1 N–H and O–H groups in total. The topological polar surface area (TPSA) is 89.2 Å². The molecule has 112 valence electrons. The van der Waals surface area contributed by atoms with Crippen LogP contribution in [-0.4, -0.2) is 33.5 Å². The highest BCUT2D eigenvalue weighted by Crippen LogP contribution is 2.30. The molecule has 1 aliphatic rings. The first kappa shape index (κ1) is 13.2. The highest BCUT2D eigenvalue weighted by atomic mass is 32.2. The number of nitrogens with one attached hydrogen (secondary N) is 1. The van der Waals surface area contributed by atoms with Crippen molar-refractivity contribution in [1.82, 2.24) is 19.8 Å². The summed E-state index contributed by atoms with van der Waals surface area (Å²) in [7, 11) is -3.23. The van der Waals surface area contributed by atoms with Crippen molar-refractivity contribution < 1.29 is 8.42 Å². The van der Waals surface area contributed by atoms with Gasteiger partial charge in [0.2, 0.25) is 10.0 Å². The first-order chi connectivity index (χ1) is 10.6. The average molecular weight is 315 g/mol. The van der Waals surface area contributed by atoms with E-state index in [1.165, 1.54) is 6.33 Å². The van der Waals surface area contributed by atoms with Crippen molar-refractivity contribution in [3.63, 3.8) is 0 Å². The van der Waals surface area contributed by atoms with Crippen LogP contribution in [0.15, 0.2) is 42.7 Å². The van der Waals surface area contributed by atoms with E-state index in [0.717, 1.165) is 24.1 Å². The van der Waals surface area contributed by atoms with Crippen molar-refractivity contribution >= 4 is 21.4 Å². The Labute approximate surface area is 127 Å². The smallest absolute Gasteiger partial charge is 0.235 e. The van der Waals surface area contributed by atoms with Crippen molar-refractivity contribution in [3.05, 3.63) is 42.7 Å². The van der Waals surface area contributed by atoms with Gasteiger partial charge in [0.25, 0.3) is 0 Å². The quantitative estimate of drug-likeness (QED) is 0.791. The summed E-state index contributed by atoms with van der Waals surface area (Å²) >= 11 is 0. The maximum absolute atomic E-state index is 11.9. The molecule has 1 fully saturated rings. The van der Waals surface area contributed by atoms with E-state index in [2.05, 4.69) is 20.0 Å². The van der Waals surface area contributed by atoms with Crippen LogP contribution >= 0.6 is 0 Å². The molecule has 0 bridgehead atoms. The molecule has 0 unspecified atom stereocenters. The molecular weight excluding hydrogens is 302 g/mol. The molecule has 1 aromatic carbocycles. The van der Waals surface area contributed by atoms with Crippen molar-refractivity contribution in [2.75, 3.05) is 4.72 Å². The fourth-order valence-corrected chi connectivity index (χ4v) is 3.61. The Kier molecular flexibility index (Phi) is 2.86. The highest BCUT2D eigenvalue weighted by molar-refractivity contribution is 7.93. The number of fused-ring (bicyclic) bond motifs is 1. The monoisotopic (exact) mass is 315 g/mol. The van der Waals surface area contributed by atoms with E-state index >= 15 is 0 Å². The van der Waals surface area contributed by atoms with Gasteiger partial charge in [-0.25, -0.2) is 8.42 Å². The third-order valence-corrected chi connectivity index (χ3v) is 5.43. The molecule has 22 heavy (non-hydrogen) atoms. The number of hydrogen-bond acceptors (Lipinski definition) is 5. The Morgan fingerprint density at radius 2 is 1.86 bits per heavy atom. The van der Waals surface area contributed by atoms with Gasteiger partial charge >= 0.3 is 0 Å². The van der Waals surface area contributed by atoms with Crippen molar-refractivity contribution in [2.45, 2.75) is 18.1 Å². The number of nitrogens with zero attached hydrogens (tertiary/aromatic N) is 4. The lowest BCUT2D eigenvalue weighted by molar-refractivity contribution is 0.600. The first-order valence-corrected chi connectivity index (χ1v) is 8.46. The molecule has 7 nitrogen and oxygen atoms in total. The summed E-state index contributed by atoms with van der Waals surface area (Å²) in [4.78, 5) is 0. The molecule has 2 heterocycles. The Morgan fingerprint density at radius 3 is 2.59 bits per heavy atom. The zero-order valence-corrected chi connectivity index (χ0v) is 12.4. The van der Waals surface area contributed by atoms with Crippen LogP contribution in [0.4, 0.5) is 5.69 Å². The predicted molar refractivity (Wildman–Crippen MR) is 81.8 cm³/mol. The molecule has 0 radical (unpaired) electrons. The summed E-state index contributed by atoms with van der Waals surface area (Å²) < 4.78 is 28.0. The van der Waals surface area contributed by atoms with Crippen molar-refractivity contribution in [2.24, 2.45) is 0 Å². The van der Waals surface area contributed by atoms with E-state index in [1.807, 2.05) is 24.3 Å². The maximum atomic E-state index is 11.9. The summed E-state index contributed by atoms with van der Waals surface area (Å²) in [6.07, 6.45) is 3.03. The summed E-state index contributed by atoms with van der Waals surface area (Å²) in [5, 5.41) is 11.9. The lowest BCUT2D eigenvalue weighted by Gasteiger charge is -2.07. The van der Waals surface area contributed by atoms with Crippen LogP contribution in [-0.2, 0) is 10.0 Å². The second kappa shape index (κ2) is 4.77. The SMILES string of the molecule is O=S(=O)(Nc1ccc(-c2ccc3nncn3n2)cc1)C1CC1. The Balaban J connectivity index is 1.60. The molecule has 3 aromatic rings. The van der Waals surface area contributed by atoms with E-state index in [0.29, 0.717) is 11.3 Å². The normalized spacial score (nSPS) is 15.1. The lowest BCUT2D eigenvalue weighted by Crippen LogP contribution is -2.17. The van der Waals surface area contributed by atoms with Gasteiger partial charge in [-0.1, -0.05) is 12.1 Å². The van der Waals surface area contributed by atoms with Crippen LogP contribution in [0.3, 0.4) is 0 Å². The van der Waals surface area contributed by atoms with E-state index in [4.69, 9.17) is 0 Å². The lowest BCUT2D eigenvalue weighted by atomic mass is 10.1. The van der Waals surface area contributed by atoms with E-state index in [9.17, 15) is 8.42 Å². The second-order valence-electron chi connectivity index (χ2n) is 5.28. The van der Waals surface area contributed by atoms with Gasteiger partial charge in [0, 0.05) is 11.3 Å². The number of rotatable bonds is 4. The third-order valence-electron chi connectivity index (χ3n) is 3.57. The molecule has 0 saturated heterocycles. The standard InChI is InChI=1S/C14H13N5O2S/c20-22(21,12-5-6-12)18-11-3-1-10(2-4-11)13-7-8-14-16-15-9-19(14)17-13/h1-4,7-9,12,18H,5-6H2. The van der Waals surface area contributed by atoms with Crippen molar-refractivity contribution in [3.8, 4) is 11.3 Å². The number of anilines is 1. The number of aromatic nitrogens is 4. The van der Waals surface area contributed by atoms with Crippen LogP contribution in [0.2, 0.25) is 0 Å². The zero-order valence-electron chi connectivity index (χ0n) is 11.5. The molecule has 8 heteroatoms. The largest absolute Gasteiger partial charge is 0.283 e. The van der Waals surface area contributed by atoms with Gasteiger partial charge in [0.15, 0.2) is 5.65 Å². The first-order valence-electron chi connectivity index (χ1n) is 6.91. The molecule has 2 aromatic heterocycles. The van der Waals surface area contributed by atoms with E-state index in [1.54, 1.807) is 16.6 Å². The fraction of sp³-hybridized carbons (Fsp3) is 0.214. The van der Waals surface area contributed by atoms with Crippen LogP contribution in [0.1, 0.15) is 12.8 Å². The predicted octanol–water partition coefficient (Wildman–Crippen LogP) is 1.70. The summed E-state index contributed by atoms with van der Waals surface area (Å²) in [5.74, 6) is 0. The number of sulfonamides is 1. The summed E-state index contributed by atoms with van der Waals surface area (Å²) in [5.41, 5.74) is 2.91. The molecule has 0 spiro atoms. The minimum atomic E-state index is -3.23. The zero-order chi connectivity index (χ0) is 15.2. The Morgan fingerprint density at radius 1 is 1.09 bits per heavy atom. The van der Waals surface area contributed by atoms with Gasteiger partial charge in [-0.15, -0.1) is 10.2 Å². The summed E-state index contributed by atoms with van der Waals surface area (Å²) in [6.45, 7) is 0. The average Bonchev–Trinajstić information content (AvgIpc) is 3.27. The van der Waals surface area contributed by atoms with Crippen LogP contribution in [0.5, 0.6) is 0 Å². The Bertz CT molecular complexity index is 929. The number of hydrogen-bond donors (Lipinski definition) is 1. The van der Waals surface area contributed by atoms with Gasteiger partial charge in [-0.3, -0.25) is 4.72 Å². The highest BCUT2D eigenvalue weighted by Gasteiger charge is 2.35. The van der Waals surface area contributed by atoms with E-state index < -0.39 is 10.0 Å². The van der Waals surface area contributed by atoms with Gasteiger partial charge in [-0.2, -0.15) is 9.61 Å².